The van der Waals surface area contributed by atoms with Gasteiger partial charge in [0.1, 0.15) is 4.90 Å². The highest BCUT2D eigenvalue weighted by molar-refractivity contribution is 7.86. The fourth-order valence-corrected chi connectivity index (χ4v) is 5.64. The number of halogens is 2. The summed E-state index contributed by atoms with van der Waals surface area (Å²) < 4.78 is 33.4. The zero-order valence-electron chi connectivity index (χ0n) is 18.3. The summed E-state index contributed by atoms with van der Waals surface area (Å²) in [6.45, 7) is 0. The van der Waals surface area contributed by atoms with Crippen LogP contribution in [0, 0.1) is 0 Å². The maximum absolute atomic E-state index is 11.9. The Morgan fingerprint density at radius 2 is 1.31 bits per heavy atom. The van der Waals surface area contributed by atoms with Crippen molar-refractivity contribution in [2.24, 2.45) is 0 Å². The summed E-state index contributed by atoms with van der Waals surface area (Å²) >= 11 is 13.0. The van der Waals surface area contributed by atoms with Gasteiger partial charge in [0.25, 0.3) is 10.1 Å². The van der Waals surface area contributed by atoms with E-state index in [-0.39, 0.29) is 15.6 Å². The topological polar surface area (TPSA) is 112 Å². The van der Waals surface area contributed by atoms with E-state index in [1.54, 1.807) is 0 Å². The third kappa shape index (κ3) is 4.25. The molecule has 8 bridgehead atoms. The van der Waals surface area contributed by atoms with E-state index in [9.17, 15) is 13.0 Å². The van der Waals surface area contributed by atoms with Crippen molar-refractivity contribution in [3.63, 3.8) is 0 Å². The van der Waals surface area contributed by atoms with Gasteiger partial charge in [0.05, 0.1) is 32.8 Å². The van der Waals surface area contributed by atoms with Gasteiger partial charge in [0, 0.05) is 33.2 Å². The molecule has 0 radical (unpaired) electrons. The number of rotatable bonds is 2. The van der Waals surface area contributed by atoms with Crippen molar-refractivity contribution >= 4 is 79.7 Å². The first-order valence-electron chi connectivity index (χ1n) is 10.8. The Morgan fingerprint density at radius 1 is 0.694 bits per heavy atom. The first kappa shape index (κ1) is 22.8. The second-order valence-corrected chi connectivity index (χ2v) is 10.5. The molecule has 6 rings (SSSR count). The Morgan fingerprint density at radius 3 is 1.97 bits per heavy atom. The summed E-state index contributed by atoms with van der Waals surface area (Å²) in [5, 5.41) is 0.0628. The van der Waals surface area contributed by atoms with Crippen LogP contribution in [0.25, 0.3) is 57.5 Å². The molecule has 2 aliphatic rings. The molecule has 3 aromatic heterocycles. The molecule has 2 aliphatic heterocycles. The standard InChI is InChI=1S/C26H16Cl2N4O3S/c27-22-7-8-24(36(33,34)35)26(28)25(22)21-12-20-11-18-4-3-16(30-18)9-14-1-2-15(29-14)10-17-5-6-19(31-17)13-23(21)32-20/h1-13,30,32H,(H,33,34,35). The number of nitrogens with one attached hydrogen (secondary N) is 2. The van der Waals surface area contributed by atoms with E-state index in [1.165, 1.54) is 12.1 Å². The highest BCUT2D eigenvalue weighted by atomic mass is 35.5. The predicted molar refractivity (Wildman–Crippen MR) is 144 cm³/mol. The molecule has 1 aromatic carbocycles. The molecule has 0 aliphatic carbocycles. The largest absolute Gasteiger partial charge is 0.355 e. The van der Waals surface area contributed by atoms with Crippen LogP contribution in [-0.4, -0.2) is 32.9 Å². The van der Waals surface area contributed by atoms with Gasteiger partial charge in [0.2, 0.25) is 0 Å². The second kappa shape index (κ2) is 8.46. The van der Waals surface area contributed by atoms with Crippen molar-refractivity contribution in [3.05, 3.63) is 87.4 Å². The van der Waals surface area contributed by atoms with Crippen LogP contribution in [0.2, 0.25) is 10.0 Å². The summed E-state index contributed by atoms with van der Waals surface area (Å²) in [7, 11) is -4.56. The van der Waals surface area contributed by atoms with Crippen LogP contribution in [0.5, 0.6) is 0 Å². The number of aromatic nitrogens is 4. The molecule has 36 heavy (non-hydrogen) atoms. The zero-order valence-corrected chi connectivity index (χ0v) is 20.7. The average Bonchev–Trinajstić information content (AvgIpc) is 3.59. The van der Waals surface area contributed by atoms with E-state index in [1.807, 2.05) is 66.8 Å². The van der Waals surface area contributed by atoms with E-state index in [4.69, 9.17) is 23.2 Å². The summed E-state index contributed by atoms with van der Waals surface area (Å²) in [5.74, 6) is 0. The van der Waals surface area contributed by atoms with Crippen LogP contribution in [0.1, 0.15) is 22.8 Å². The van der Waals surface area contributed by atoms with Gasteiger partial charge in [-0.1, -0.05) is 23.2 Å². The fraction of sp³-hybridized carbons (Fsp3) is 0. The number of hydrogen-bond donors (Lipinski definition) is 3. The zero-order chi connectivity index (χ0) is 25.0. The average molecular weight is 535 g/mol. The summed E-state index contributed by atoms with van der Waals surface area (Å²) in [4.78, 5) is 15.5. The van der Waals surface area contributed by atoms with Gasteiger partial charge in [-0.25, -0.2) is 9.97 Å². The molecule has 0 unspecified atom stereocenters. The van der Waals surface area contributed by atoms with Gasteiger partial charge in [-0.3, -0.25) is 4.55 Å². The monoisotopic (exact) mass is 534 g/mol. The van der Waals surface area contributed by atoms with Gasteiger partial charge in [-0.15, -0.1) is 0 Å². The Bertz CT molecular complexity index is 1900. The van der Waals surface area contributed by atoms with E-state index in [0.29, 0.717) is 22.3 Å². The van der Waals surface area contributed by atoms with Crippen LogP contribution >= 0.6 is 23.2 Å². The van der Waals surface area contributed by atoms with E-state index in [2.05, 4.69) is 19.9 Å². The molecular weight excluding hydrogens is 519 g/mol. The van der Waals surface area contributed by atoms with E-state index in [0.717, 1.165) is 28.1 Å². The summed E-state index contributed by atoms with van der Waals surface area (Å²) in [5.41, 5.74) is 6.91. The quantitative estimate of drug-likeness (QED) is 0.209. The van der Waals surface area contributed by atoms with Crippen molar-refractivity contribution in [2.45, 2.75) is 4.90 Å². The predicted octanol–water partition coefficient (Wildman–Crippen LogP) is 6.88. The lowest BCUT2D eigenvalue weighted by Gasteiger charge is -2.09. The lowest BCUT2D eigenvalue weighted by Crippen LogP contribution is -2.00. The molecule has 0 atom stereocenters. The van der Waals surface area contributed by atoms with Gasteiger partial charge >= 0.3 is 0 Å². The normalized spacial score (nSPS) is 12.9. The maximum atomic E-state index is 11.9. The van der Waals surface area contributed by atoms with Crippen LogP contribution in [-0.2, 0) is 10.1 Å². The molecule has 0 spiro atoms. The highest BCUT2D eigenvalue weighted by Crippen LogP contribution is 2.41. The lowest BCUT2D eigenvalue weighted by molar-refractivity contribution is 0.483. The number of nitrogens with zero attached hydrogens (tertiary/aromatic N) is 2. The third-order valence-corrected chi connectivity index (χ3v) is 7.49. The molecule has 178 valence electrons. The van der Waals surface area contributed by atoms with Gasteiger partial charge < -0.3 is 9.97 Å². The molecule has 7 nitrogen and oxygen atoms in total. The highest BCUT2D eigenvalue weighted by Gasteiger charge is 2.22. The third-order valence-electron chi connectivity index (χ3n) is 5.77. The van der Waals surface area contributed by atoms with Crippen molar-refractivity contribution < 1.29 is 13.0 Å². The summed E-state index contributed by atoms with van der Waals surface area (Å²) in [6.07, 6.45) is 7.62. The van der Waals surface area contributed by atoms with Crippen LogP contribution in [0.3, 0.4) is 0 Å². The number of benzene rings is 1. The number of H-pyrrole nitrogens is 2. The van der Waals surface area contributed by atoms with Crippen molar-refractivity contribution in [2.75, 3.05) is 0 Å². The van der Waals surface area contributed by atoms with Crippen molar-refractivity contribution in [3.8, 4) is 11.1 Å². The SMILES string of the molecule is O=S(=O)(O)c1ccc(Cl)c(-c2cc3cc4ccc(cc5nc(cc6nc(cc2[nH]3)C=C6)C=C5)[nH]4)c1Cl. The van der Waals surface area contributed by atoms with Crippen LogP contribution < -0.4 is 0 Å². The van der Waals surface area contributed by atoms with Crippen molar-refractivity contribution in [1.82, 2.24) is 19.9 Å². The smallest absolute Gasteiger partial charge is 0.296 e. The number of fused-ring (bicyclic) bond motifs is 8. The second-order valence-electron chi connectivity index (χ2n) is 8.30. The van der Waals surface area contributed by atoms with Gasteiger partial charge in [-0.2, -0.15) is 8.42 Å². The lowest BCUT2D eigenvalue weighted by atomic mass is 10.1. The Balaban J connectivity index is 1.70. The minimum absolute atomic E-state index is 0.171. The minimum atomic E-state index is -4.56. The van der Waals surface area contributed by atoms with Crippen molar-refractivity contribution in [1.29, 1.82) is 0 Å². The van der Waals surface area contributed by atoms with E-state index >= 15 is 0 Å². The first-order chi connectivity index (χ1) is 17.2. The summed E-state index contributed by atoms with van der Waals surface area (Å²) in [6, 6.07) is 15.8. The van der Waals surface area contributed by atoms with Crippen LogP contribution in [0.4, 0.5) is 0 Å². The molecule has 5 heterocycles. The first-order valence-corrected chi connectivity index (χ1v) is 13.0. The molecule has 0 saturated heterocycles. The Kier molecular flexibility index (Phi) is 5.35. The molecule has 0 fully saturated rings. The minimum Gasteiger partial charge on any atom is -0.355 e. The maximum Gasteiger partial charge on any atom is 0.296 e. The molecule has 3 N–H and O–H groups in total. The van der Waals surface area contributed by atoms with E-state index < -0.39 is 15.0 Å². The number of aromatic amines is 2. The molecule has 0 saturated carbocycles. The fourth-order valence-electron chi connectivity index (χ4n) is 4.20. The molecule has 4 aromatic rings. The Labute approximate surface area is 215 Å². The number of hydrogen-bond acceptors (Lipinski definition) is 4. The molecule has 0 amide bonds. The molecular formula is C26H16Cl2N4O3S. The molecule has 10 heteroatoms. The van der Waals surface area contributed by atoms with Crippen LogP contribution in [0.15, 0.2) is 59.5 Å². The van der Waals surface area contributed by atoms with Gasteiger partial charge in [-0.05, 0) is 78.9 Å². The Hall–Kier alpha value is -3.69. The van der Waals surface area contributed by atoms with Gasteiger partial charge in [0.15, 0.2) is 0 Å².